The first-order valence-corrected chi connectivity index (χ1v) is 18.3. The summed E-state index contributed by atoms with van der Waals surface area (Å²) >= 11 is 0. The van der Waals surface area contributed by atoms with Gasteiger partial charge in [0.1, 0.15) is 5.82 Å². The number of aromatic nitrogens is 2. The molecule has 4 nitrogen and oxygen atoms in total. The Balaban J connectivity index is 1.06. The molecule has 0 unspecified atom stereocenters. The number of ether oxygens (including phenoxy) is 2. The first-order valence-electron chi connectivity index (χ1n) is 18.3. The van der Waals surface area contributed by atoms with Gasteiger partial charge in [0.05, 0.1) is 16.4 Å². The average Bonchev–Trinajstić information content (AvgIpc) is 3.77. The number of rotatable bonds is 5. The number of hydrogen-bond donors (Lipinski definition) is 0. The Bertz CT molecular complexity index is 2840. The van der Waals surface area contributed by atoms with Gasteiger partial charge in [0, 0.05) is 16.8 Å². The molecule has 1 aliphatic carbocycles. The quantitative estimate of drug-likeness (QED) is 0.180. The average molecular weight is 693 g/mol. The largest absolute Gasteiger partial charge is 0.449 e. The zero-order chi connectivity index (χ0) is 35.6. The molecule has 0 bridgehead atoms. The lowest BCUT2D eigenvalue weighted by Crippen LogP contribution is -2.28. The number of fused-ring (bicyclic) bond motifs is 6. The SMILES string of the molecule is c1ccc(-n2c(-c3cccc(-c4cccc5c4Oc4cc6c(cc4O5)-c4ccccc4C6(c4ccccc4)c4ccccc4)c3)nc3ccccc32)cc1. The van der Waals surface area contributed by atoms with E-state index in [2.05, 4.69) is 174 Å². The summed E-state index contributed by atoms with van der Waals surface area (Å²) < 4.78 is 16.0. The van der Waals surface area contributed by atoms with Crippen molar-refractivity contribution in [3.05, 3.63) is 216 Å². The molecule has 2 heterocycles. The zero-order valence-corrected chi connectivity index (χ0v) is 29.2. The van der Waals surface area contributed by atoms with E-state index in [4.69, 9.17) is 14.5 Å². The molecule has 2 aliphatic rings. The molecule has 0 radical (unpaired) electrons. The van der Waals surface area contributed by atoms with Gasteiger partial charge < -0.3 is 9.47 Å². The van der Waals surface area contributed by atoms with Crippen molar-refractivity contribution in [2.75, 3.05) is 0 Å². The fraction of sp³-hybridized carbons (Fsp3) is 0.0200. The molecular formula is C50H32N2O2. The van der Waals surface area contributed by atoms with Crippen LogP contribution >= 0.6 is 0 Å². The summed E-state index contributed by atoms with van der Waals surface area (Å²) in [5, 5.41) is 0. The van der Waals surface area contributed by atoms with Crippen LogP contribution in [-0.4, -0.2) is 9.55 Å². The smallest absolute Gasteiger partial charge is 0.177 e. The van der Waals surface area contributed by atoms with Crippen molar-refractivity contribution in [1.82, 2.24) is 9.55 Å². The van der Waals surface area contributed by atoms with Crippen LogP contribution < -0.4 is 9.47 Å². The lowest BCUT2D eigenvalue weighted by molar-refractivity contribution is 0.360. The second-order valence-electron chi connectivity index (χ2n) is 13.9. The lowest BCUT2D eigenvalue weighted by Gasteiger charge is -2.34. The molecule has 0 fully saturated rings. The maximum absolute atomic E-state index is 6.99. The van der Waals surface area contributed by atoms with Gasteiger partial charge in [0.2, 0.25) is 0 Å². The number of benzene rings is 8. The number of para-hydroxylation sites is 4. The Hall–Kier alpha value is -7.17. The van der Waals surface area contributed by atoms with Crippen LogP contribution in [0.2, 0.25) is 0 Å². The van der Waals surface area contributed by atoms with Crippen molar-refractivity contribution in [2.24, 2.45) is 0 Å². The van der Waals surface area contributed by atoms with Crippen LogP contribution in [0.25, 0.3) is 50.4 Å². The van der Waals surface area contributed by atoms with Gasteiger partial charge in [-0.3, -0.25) is 4.57 Å². The van der Waals surface area contributed by atoms with Crippen LogP contribution in [0.1, 0.15) is 22.3 Å². The molecule has 1 aliphatic heterocycles. The van der Waals surface area contributed by atoms with E-state index in [0.717, 1.165) is 44.8 Å². The normalized spacial score (nSPS) is 13.3. The highest BCUT2D eigenvalue weighted by molar-refractivity contribution is 5.89. The summed E-state index contributed by atoms with van der Waals surface area (Å²) in [7, 11) is 0. The fourth-order valence-electron chi connectivity index (χ4n) is 8.65. The Morgan fingerprint density at radius 1 is 0.426 bits per heavy atom. The Morgan fingerprint density at radius 2 is 1.06 bits per heavy atom. The third kappa shape index (κ3) is 4.47. The van der Waals surface area contributed by atoms with E-state index in [1.54, 1.807) is 0 Å². The van der Waals surface area contributed by atoms with Gasteiger partial charge in [-0.1, -0.05) is 146 Å². The lowest BCUT2D eigenvalue weighted by atomic mass is 9.67. The van der Waals surface area contributed by atoms with E-state index in [0.29, 0.717) is 23.0 Å². The molecule has 54 heavy (non-hydrogen) atoms. The van der Waals surface area contributed by atoms with E-state index in [1.807, 2.05) is 24.3 Å². The predicted molar refractivity (Wildman–Crippen MR) is 216 cm³/mol. The van der Waals surface area contributed by atoms with E-state index in [-0.39, 0.29) is 0 Å². The van der Waals surface area contributed by atoms with Gasteiger partial charge in [0.15, 0.2) is 23.0 Å². The summed E-state index contributed by atoms with van der Waals surface area (Å²) in [5.41, 5.74) is 12.7. The minimum atomic E-state index is -0.537. The molecule has 9 aromatic rings. The second-order valence-corrected chi connectivity index (χ2v) is 13.9. The highest BCUT2D eigenvalue weighted by atomic mass is 16.6. The van der Waals surface area contributed by atoms with Gasteiger partial charge in [-0.15, -0.1) is 0 Å². The molecule has 1 aromatic heterocycles. The van der Waals surface area contributed by atoms with Crippen LogP contribution in [0, 0.1) is 0 Å². The Kier molecular flexibility index (Phi) is 6.73. The van der Waals surface area contributed by atoms with Crippen molar-refractivity contribution < 1.29 is 9.47 Å². The topological polar surface area (TPSA) is 36.3 Å². The second kappa shape index (κ2) is 11.9. The first-order chi connectivity index (χ1) is 26.8. The summed E-state index contributed by atoms with van der Waals surface area (Å²) in [6.45, 7) is 0. The van der Waals surface area contributed by atoms with Gasteiger partial charge in [-0.2, -0.15) is 0 Å². The van der Waals surface area contributed by atoms with Crippen molar-refractivity contribution in [1.29, 1.82) is 0 Å². The molecule has 254 valence electrons. The van der Waals surface area contributed by atoms with E-state index < -0.39 is 5.41 Å². The minimum Gasteiger partial charge on any atom is -0.449 e. The third-order valence-corrected chi connectivity index (χ3v) is 10.9. The van der Waals surface area contributed by atoms with Gasteiger partial charge in [-0.25, -0.2) is 4.98 Å². The molecule has 0 spiro atoms. The molecule has 0 N–H and O–H groups in total. The highest BCUT2D eigenvalue weighted by Gasteiger charge is 2.47. The molecule has 0 atom stereocenters. The van der Waals surface area contributed by atoms with Crippen molar-refractivity contribution >= 4 is 11.0 Å². The maximum atomic E-state index is 6.99. The molecule has 11 rings (SSSR count). The highest BCUT2D eigenvalue weighted by Crippen LogP contribution is 2.60. The van der Waals surface area contributed by atoms with Crippen LogP contribution in [-0.2, 0) is 5.41 Å². The predicted octanol–water partition coefficient (Wildman–Crippen LogP) is 12.6. The number of imidazole rings is 1. The zero-order valence-electron chi connectivity index (χ0n) is 29.2. The minimum absolute atomic E-state index is 0.537. The summed E-state index contributed by atoms with van der Waals surface area (Å²) in [4.78, 5) is 5.13. The van der Waals surface area contributed by atoms with E-state index in [1.165, 1.54) is 27.8 Å². The first kappa shape index (κ1) is 30.5. The van der Waals surface area contributed by atoms with Crippen molar-refractivity contribution in [3.63, 3.8) is 0 Å². The molecule has 4 heteroatoms. The van der Waals surface area contributed by atoms with Gasteiger partial charge in [0.25, 0.3) is 0 Å². The van der Waals surface area contributed by atoms with E-state index in [9.17, 15) is 0 Å². The molecular weight excluding hydrogens is 661 g/mol. The number of hydrogen-bond acceptors (Lipinski definition) is 3. The fourth-order valence-corrected chi connectivity index (χ4v) is 8.65. The van der Waals surface area contributed by atoms with Crippen molar-refractivity contribution in [3.8, 4) is 62.3 Å². The Labute approximate surface area is 313 Å². The maximum Gasteiger partial charge on any atom is 0.177 e. The summed E-state index contributed by atoms with van der Waals surface area (Å²) in [5.74, 6) is 3.66. The van der Waals surface area contributed by atoms with Crippen LogP contribution in [0.15, 0.2) is 194 Å². The van der Waals surface area contributed by atoms with Gasteiger partial charge in [-0.05, 0) is 87.5 Å². The van der Waals surface area contributed by atoms with Crippen LogP contribution in [0.4, 0.5) is 0 Å². The van der Waals surface area contributed by atoms with Crippen LogP contribution in [0.3, 0.4) is 0 Å². The molecule has 0 saturated carbocycles. The Morgan fingerprint density at radius 3 is 1.85 bits per heavy atom. The molecule has 0 saturated heterocycles. The summed E-state index contributed by atoms with van der Waals surface area (Å²) in [6.07, 6.45) is 0. The number of nitrogens with zero attached hydrogens (tertiary/aromatic N) is 2. The van der Waals surface area contributed by atoms with E-state index >= 15 is 0 Å². The van der Waals surface area contributed by atoms with Gasteiger partial charge >= 0.3 is 0 Å². The van der Waals surface area contributed by atoms with Crippen molar-refractivity contribution in [2.45, 2.75) is 5.41 Å². The molecule has 8 aromatic carbocycles. The third-order valence-electron chi connectivity index (χ3n) is 10.9. The molecule has 0 amide bonds. The standard InChI is InChI=1S/C50H32N2O2/c1-4-18-35(19-5-1)50(36-20-6-2-7-21-36)41-26-11-10-24-39(41)40-31-46-47(32-42(40)50)54-48-38(25-15-29-45(48)53-46)33-16-14-17-34(30-33)49-51-43-27-12-13-28-44(43)52(49)37-22-8-3-9-23-37/h1-32H. The summed E-state index contributed by atoms with van der Waals surface area (Å²) in [6, 6.07) is 68.1. The monoisotopic (exact) mass is 692 g/mol. The van der Waals surface area contributed by atoms with Crippen LogP contribution in [0.5, 0.6) is 23.0 Å².